The summed E-state index contributed by atoms with van der Waals surface area (Å²) in [7, 11) is 0. The fourth-order valence-corrected chi connectivity index (χ4v) is 3.08. The fourth-order valence-electron chi connectivity index (χ4n) is 3.08. The van der Waals surface area contributed by atoms with Crippen LogP contribution >= 0.6 is 0 Å². The first-order valence-corrected chi connectivity index (χ1v) is 8.47. The van der Waals surface area contributed by atoms with Crippen molar-refractivity contribution in [3.63, 3.8) is 0 Å². The largest absolute Gasteiger partial charge is 0.468 e. The van der Waals surface area contributed by atoms with Crippen molar-refractivity contribution < 1.29 is 9.21 Å². The van der Waals surface area contributed by atoms with Gasteiger partial charge in [-0.3, -0.25) is 19.5 Å². The Balaban J connectivity index is 1.54. The topological polar surface area (TPSA) is 100 Å². The smallest absolute Gasteiger partial charge is 0.328 e. The number of likely N-dealkylation sites (tertiary alicyclic amines) is 1. The van der Waals surface area contributed by atoms with Crippen LogP contribution in [-0.2, 0) is 11.3 Å². The van der Waals surface area contributed by atoms with E-state index in [4.69, 9.17) is 4.42 Å². The van der Waals surface area contributed by atoms with Crippen LogP contribution in [0.1, 0.15) is 31.1 Å². The Labute approximate surface area is 144 Å². The molecule has 2 aromatic heterocycles. The van der Waals surface area contributed by atoms with Crippen molar-refractivity contribution in [2.24, 2.45) is 0 Å². The maximum absolute atomic E-state index is 12.1. The van der Waals surface area contributed by atoms with Crippen LogP contribution in [0.25, 0.3) is 0 Å². The van der Waals surface area contributed by atoms with E-state index in [0.717, 1.165) is 31.7 Å². The van der Waals surface area contributed by atoms with Gasteiger partial charge in [-0.2, -0.15) is 0 Å². The average Bonchev–Trinajstić information content (AvgIpc) is 3.28. The van der Waals surface area contributed by atoms with E-state index in [-0.39, 0.29) is 24.9 Å². The molecule has 0 saturated carbocycles. The predicted molar refractivity (Wildman–Crippen MR) is 91.2 cm³/mol. The van der Waals surface area contributed by atoms with E-state index in [1.54, 1.807) is 6.26 Å². The number of amides is 1. The van der Waals surface area contributed by atoms with Crippen LogP contribution < -0.4 is 16.6 Å². The van der Waals surface area contributed by atoms with Gasteiger partial charge in [0.2, 0.25) is 5.91 Å². The average molecular weight is 346 g/mol. The number of nitrogens with one attached hydrogen (secondary N) is 2. The van der Waals surface area contributed by atoms with Crippen molar-refractivity contribution >= 4 is 5.91 Å². The van der Waals surface area contributed by atoms with E-state index in [9.17, 15) is 14.4 Å². The van der Waals surface area contributed by atoms with Gasteiger partial charge in [0.1, 0.15) is 5.76 Å². The van der Waals surface area contributed by atoms with Crippen molar-refractivity contribution in [3.8, 4) is 0 Å². The number of nitrogens with zero attached hydrogens (tertiary/aromatic N) is 2. The molecule has 0 aliphatic carbocycles. The number of rotatable bonds is 7. The first kappa shape index (κ1) is 17.2. The van der Waals surface area contributed by atoms with E-state index in [0.29, 0.717) is 6.54 Å². The lowest BCUT2D eigenvalue weighted by atomic mass is 10.2. The van der Waals surface area contributed by atoms with Crippen LogP contribution in [0.3, 0.4) is 0 Å². The quantitative estimate of drug-likeness (QED) is 0.759. The molecule has 1 fully saturated rings. The Morgan fingerprint density at radius 2 is 2.08 bits per heavy atom. The molecule has 2 N–H and O–H groups in total. The number of hydrogen-bond donors (Lipinski definition) is 2. The lowest BCUT2D eigenvalue weighted by Gasteiger charge is -2.26. The van der Waals surface area contributed by atoms with Gasteiger partial charge in [-0.25, -0.2) is 4.79 Å². The molecule has 1 amide bonds. The lowest BCUT2D eigenvalue weighted by molar-refractivity contribution is -0.121. The van der Waals surface area contributed by atoms with Gasteiger partial charge in [-0.1, -0.05) is 0 Å². The number of aryl methyl sites for hydroxylation is 1. The molecular weight excluding hydrogens is 324 g/mol. The summed E-state index contributed by atoms with van der Waals surface area (Å²) < 4.78 is 6.84. The fraction of sp³-hybridized carbons (Fsp3) is 0.471. The summed E-state index contributed by atoms with van der Waals surface area (Å²) in [4.78, 5) is 39.3. The van der Waals surface area contributed by atoms with E-state index < -0.39 is 11.2 Å². The molecule has 1 saturated heterocycles. The number of carbonyl (C=O) groups is 1. The summed E-state index contributed by atoms with van der Waals surface area (Å²) in [6.07, 6.45) is 5.50. The van der Waals surface area contributed by atoms with Gasteiger partial charge in [0.15, 0.2) is 0 Å². The Bertz CT molecular complexity index is 803. The minimum absolute atomic E-state index is 0.0252. The first-order valence-electron chi connectivity index (χ1n) is 8.47. The molecule has 3 rings (SSSR count). The van der Waals surface area contributed by atoms with Gasteiger partial charge in [0.25, 0.3) is 5.56 Å². The molecular formula is C17H22N4O4. The number of aromatic nitrogens is 2. The number of carbonyl (C=O) groups excluding carboxylic acids is 1. The minimum atomic E-state index is -0.508. The summed E-state index contributed by atoms with van der Waals surface area (Å²) in [5.74, 6) is 0.702. The van der Waals surface area contributed by atoms with Crippen molar-refractivity contribution in [1.82, 2.24) is 19.8 Å². The third-order valence-electron chi connectivity index (χ3n) is 4.42. The Morgan fingerprint density at radius 1 is 1.28 bits per heavy atom. The van der Waals surface area contributed by atoms with E-state index in [1.165, 1.54) is 16.8 Å². The first-order chi connectivity index (χ1) is 12.1. The minimum Gasteiger partial charge on any atom is -0.468 e. The van der Waals surface area contributed by atoms with Gasteiger partial charge in [0.05, 0.1) is 12.3 Å². The zero-order chi connectivity index (χ0) is 17.6. The Hall–Kier alpha value is -2.61. The molecule has 1 atom stereocenters. The molecule has 134 valence electrons. The molecule has 3 heterocycles. The van der Waals surface area contributed by atoms with E-state index in [2.05, 4.69) is 15.2 Å². The second-order valence-corrected chi connectivity index (χ2v) is 6.13. The molecule has 8 heteroatoms. The molecule has 0 aromatic carbocycles. The lowest BCUT2D eigenvalue weighted by Crippen LogP contribution is -2.37. The standard InChI is InChI=1S/C17H22N4O4/c22-15(5-9-21-10-6-16(23)19-17(21)24)18-12-13(14-4-3-11-25-14)20-7-1-2-8-20/h3-4,6,10-11,13H,1-2,5,7-9,12H2,(H,18,22)(H,19,23,24). The third-order valence-corrected chi connectivity index (χ3v) is 4.42. The van der Waals surface area contributed by atoms with Crippen LogP contribution in [0.2, 0.25) is 0 Å². The zero-order valence-corrected chi connectivity index (χ0v) is 13.9. The highest BCUT2D eigenvalue weighted by atomic mass is 16.3. The molecule has 0 radical (unpaired) electrons. The van der Waals surface area contributed by atoms with Crippen LogP contribution in [0.15, 0.2) is 44.7 Å². The third kappa shape index (κ3) is 4.48. The summed E-state index contributed by atoms with van der Waals surface area (Å²) in [6.45, 7) is 2.67. The summed E-state index contributed by atoms with van der Waals surface area (Å²) in [6, 6.07) is 5.06. The molecule has 0 bridgehead atoms. The maximum atomic E-state index is 12.1. The predicted octanol–water partition coefficient (Wildman–Crippen LogP) is 0.473. The monoisotopic (exact) mass is 346 g/mol. The summed E-state index contributed by atoms with van der Waals surface area (Å²) >= 11 is 0. The van der Waals surface area contributed by atoms with Gasteiger partial charge in [0, 0.05) is 31.8 Å². The molecule has 8 nitrogen and oxygen atoms in total. The van der Waals surface area contributed by atoms with Crippen molar-refractivity contribution in [2.75, 3.05) is 19.6 Å². The van der Waals surface area contributed by atoms with Crippen molar-refractivity contribution in [3.05, 3.63) is 57.3 Å². The second kappa shape index (κ2) is 7.98. The van der Waals surface area contributed by atoms with Crippen LogP contribution in [-0.4, -0.2) is 40.0 Å². The van der Waals surface area contributed by atoms with Gasteiger partial charge in [-0.05, 0) is 38.1 Å². The number of aromatic amines is 1. The summed E-state index contributed by atoms with van der Waals surface area (Å²) in [5, 5.41) is 2.92. The highest BCUT2D eigenvalue weighted by Gasteiger charge is 2.25. The maximum Gasteiger partial charge on any atom is 0.328 e. The van der Waals surface area contributed by atoms with Crippen LogP contribution in [0.5, 0.6) is 0 Å². The molecule has 2 aromatic rings. The van der Waals surface area contributed by atoms with Crippen LogP contribution in [0.4, 0.5) is 0 Å². The Kier molecular flexibility index (Phi) is 5.49. The molecule has 1 aliphatic heterocycles. The van der Waals surface area contributed by atoms with Crippen molar-refractivity contribution in [1.29, 1.82) is 0 Å². The zero-order valence-electron chi connectivity index (χ0n) is 13.9. The SMILES string of the molecule is O=C(CCn1ccc(=O)[nH]c1=O)NCC(c1ccco1)N1CCCC1. The molecule has 1 aliphatic rings. The highest BCUT2D eigenvalue weighted by Crippen LogP contribution is 2.24. The highest BCUT2D eigenvalue weighted by molar-refractivity contribution is 5.75. The number of furan rings is 1. The van der Waals surface area contributed by atoms with Gasteiger partial charge < -0.3 is 14.3 Å². The van der Waals surface area contributed by atoms with Gasteiger partial charge in [-0.15, -0.1) is 0 Å². The van der Waals surface area contributed by atoms with E-state index in [1.807, 2.05) is 12.1 Å². The number of H-pyrrole nitrogens is 1. The normalized spacial score (nSPS) is 16.0. The molecule has 0 spiro atoms. The van der Waals surface area contributed by atoms with E-state index >= 15 is 0 Å². The van der Waals surface area contributed by atoms with Crippen molar-refractivity contribution in [2.45, 2.75) is 31.8 Å². The molecule has 1 unspecified atom stereocenters. The van der Waals surface area contributed by atoms with Gasteiger partial charge >= 0.3 is 5.69 Å². The summed E-state index contributed by atoms with van der Waals surface area (Å²) in [5.41, 5.74) is -0.955. The second-order valence-electron chi connectivity index (χ2n) is 6.13. The Morgan fingerprint density at radius 3 is 2.76 bits per heavy atom. The molecule has 25 heavy (non-hydrogen) atoms. The number of hydrogen-bond acceptors (Lipinski definition) is 5. The van der Waals surface area contributed by atoms with Crippen LogP contribution in [0, 0.1) is 0 Å².